The molecule has 108 valence electrons. The van der Waals surface area contributed by atoms with Crippen LogP contribution in [0, 0.1) is 0 Å². The molecule has 0 aromatic carbocycles. The Hall–Kier alpha value is -2.54. The van der Waals surface area contributed by atoms with E-state index in [1.165, 1.54) is 22.8 Å². The molecule has 0 bridgehead atoms. The molecule has 0 saturated carbocycles. The van der Waals surface area contributed by atoms with Gasteiger partial charge in [-0.1, -0.05) is 6.07 Å². The summed E-state index contributed by atoms with van der Waals surface area (Å²) in [5.41, 5.74) is 0.886. The van der Waals surface area contributed by atoms with Crippen LogP contribution in [0.2, 0.25) is 0 Å². The Morgan fingerprint density at radius 1 is 1.43 bits per heavy atom. The predicted molar refractivity (Wildman–Crippen MR) is 79.1 cm³/mol. The smallest absolute Gasteiger partial charge is 0.355 e. The van der Waals surface area contributed by atoms with Gasteiger partial charge >= 0.3 is 5.97 Å². The molecule has 0 spiro atoms. The van der Waals surface area contributed by atoms with E-state index in [-0.39, 0.29) is 11.6 Å². The minimum Gasteiger partial charge on any atom is -0.476 e. The quantitative estimate of drug-likeness (QED) is 0.791. The van der Waals surface area contributed by atoms with Crippen LogP contribution < -0.4 is 5.32 Å². The standard InChI is InChI=1S/C14H13N3O3S/c18-12(4-3-10-2-1-6-15-8-10)16-7-5-13-17-11(9-21-13)14(19)20/h1-4,6,8-9H,5,7H2,(H,16,18)(H,19,20). The third-order valence-corrected chi connectivity index (χ3v) is 3.43. The van der Waals surface area contributed by atoms with Gasteiger partial charge in [-0.15, -0.1) is 11.3 Å². The third kappa shape index (κ3) is 4.81. The fourth-order valence-electron chi connectivity index (χ4n) is 1.52. The lowest BCUT2D eigenvalue weighted by Crippen LogP contribution is -2.23. The van der Waals surface area contributed by atoms with E-state index in [2.05, 4.69) is 15.3 Å². The van der Waals surface area contributed by atoms with Crippen molar-refractivity contribution < 1.29 is 14.7 Å². The minimum absolute atomic E-state index is 0.0396. The lowest BCUT2D eigenvalue weighted by atomic mass is 10.2. The summed E-state index contributed by atoms with van der Waals surface area (Å²) in [6, 6.07) is 3.64. The molecule has 7 heteroatoms. The Balaban J connectivity index is 1.76. The summed E-state index contributed by atoms with van der Waals surface area (Å²) in [5, 5.41) is 13.6. The number of nitrogens with one attached hydrogen (secondary N) is 1. The summed E-state index contributed by atoms with van der Waals surface area (Å²) in [6.45, 7) is 0.406. The summed E-state index contributed by atoms with van der Waals surface area (Å²) >= 11 is 1.27. The van der Waals surface area contributed by atoms with Crippen molar-refractivity contribution in [2.24, 2.45) is 0 Å². The van der Waals surface area contributed by atoms with Gasteiger partial charge in [0.15, 0.2) is 5.69 Å². The van der Waals surface area contributed by atoms with Gasteiger partial charge in [-0.3, -0.25) is 9.78 Å². The van der Waals surface area contributed by atoms with Crippen molar-refractivity contribution in [3.63, 3.8) is 0 Å². The van der Waals surface area contributed by atoms with Gasteiger partial charge in [0.05, 0.1) is 5.01 Å². The number of carbonyl (C=O) groups is 2. The molecule has 0 aliphatic carbocycles. The van der Waals surface area contributed by atoms with E-state index in [1.807, 2.05) is 6.07 Å². The number of carbonyl (C=O) groups excluding carboxylic acids is 1. The summed E-state index contributed by atoms with van der Waals surface area (Å²) < 4.78 is 0. The van der Waals surface area contributed by atoms with E-state index in [0.717, 1.165) is 5.56 Å². The normalized spacial score (nSPS) is 10.7. The number of rotatable bonds is 6. The monoisotopic (exact) mass is 303 g/mol. The van der Waals surface area contributed by atoms with E-state index in [9.17, 15) is 9.59 Å². The molecule has 0 aliphatic rings. The van der Waals surface area contributed by atoms with E-state index >= 15 is 0 Å². The molecule has 1 amide bonds. The number of amides is 1. The predicted octanol–water partition coefficient (Wildman–Crippen LogP) is 1.61. The molecule has 2 rings (SSSR count). The van der Waals surface area contributed by atoms with Gasteiger partial charge in [-0.25, -0.2) is 9.78 Å². The molecule has 21 heavy (non-hydrogen) atoms. The van der Waals surface area contributed by atoms with Crippen LogP contribution in [0.3, 0.4) is 0 Å². The first kappa shape index (κ1) is 14.9. The van der Waals surface area contributed by atoms with Crippen LogP contribution >= 0.6 is 11.3 Å². The summed E-state index contributed by atoms with van der Waals surface area (Å²) in [7, 11) is 0. The zero-order valence-electron chi connectivity index (χ0n) is 11.0. The molecule has 0 radical (unpaired) electrons. The van der Waals surface area contributed by atoms with E-state index < -0.39 is 5.97 Å². The first-order valence-electron chi connectivity index (χ1n) is 6.19. The molecule has 2 aromatic rings. The van der Waals surface area contributed by atoms with Crippen LogP contribution in [0.25, 0.3) is 6.08 Å². The Kier molecular flexibility index (Phi) is 5.16. The first-order valence-corrected chi connectivity index (χ1v) is 7.07. The van der Waals surface area contributed by atoms with Gasteiger partial charge in [-0.2, -0.15) is 0 Å². The fraction of sp³-hybridized carbons (Fsp3) is 0.143. The van der Waals surface area contributed by atoms with Crippen molar-refractivity contribution in [3.05, 3.63) is 52.2 Å². The van der Waals surface area contributed by atoms with Gasteiger partial charge in [0.2, 0.25) is 5.91 Å². The molecule has 0 fully saturated rings. The molecule has 0 aliphatic heterocycles. The number of aromatic carboxylic acids is 1. The Morgan fingerprint density at radius 2 is 2.29 bits per heavy atom. The zero-order valence-corrected chi connectivity index (χ0v) is 11.8. The Morgan fingerprint density at radius 3 is 2.95 bits per heavy atom. The van der Waals surface area contributed by atoms with Crippen LogP contribution in [0.15, 0.2) is 36.0 Å². The highest BCUT2D eigenvalue weighted by Gasteiger charge is 2.08. The average molecular weight is 303 g/mol. The maximum absolute atomic E-state index is 11.6. The van der Waals surface area contributed by atoms with E-state index in [1.54, 1.807) is 24.5 Å². The Bertz CT molecular complexity index is 652. The molecular weight excluding hydrogens is 290 g/mol. The number of nitrogens with zero attached hydrogens (tertiary/aromatic N) is 2. The second kappa shape index (κ2) is 7.30. The van der Waals surface area contributed by atoms with Crippen molar-refractivity contribution >= 4 is 29.3 Å². The van der Waals surface area contributed by atoms with Crippen molar-refractivity contribution in [1.82, 2.24) is 15.3 Å². The highest BCUT2D eigenvalue weighted by molar-refractivity contribution is 7.09. The second-order valence-electron chi connectivity index (χ2n) is 4.09. The molecule has 2 aromatic heterocycles. The number of pyridine rings is 1. The van der Waals surface area contributed by atoms with Crippen molar-refractivity contribution in [2.45, 2.75) is 6.42 Å². The maximum Gasteiger partial charge on any atom is 0.355 e. The molecule has 0 atom stereocenters. The van der Waals surface area contributed by atoms with Gasteiger partial charge < -0.3 is 10.4 Å². The van der Waals surface area contributed by atoms with Gasteiger partial charge in [0.1, 0.15) is 0 Å². The van der Waals surface area contributed by atoms with Crippen molar-refractivity contribution in [3.8, 4) is 0 Å². The van der Waals surface area contributed by atoms with Crippen molar-refractivity contribution in [2.75, 3.05) is 6.54 Å². The van der Waals surface area contributed by atoms with E-state index in [4.69, 9.17) is 5.11 Å². The summed E-state index contributed by atoms with van der Waals surface area (Å²) in [6.07, 6.45) is 6.93. The molecule has 2 heterocycles. The summed E-state index contributed by atoms with van der Waals surface area (Å²) in [5.74, 6) is -1.25. The van der Waals surface area contributed by atoms with Crippen molar-refractivity contribution in [1.29, 1.82) is 0 Å². The highest BCUT2D eigenvalue weighted by atomic mass is 32.1. The van der Waals surface area contributed by atoms with E-state index in [0.29, 0.717) is 18.0 Å². The Labute approximate surface area is 125 Å². The number of hydrogen-bond acceptors (Lipinski definition) is 5. The topological polar surface area (TPSA) is 92.2 Å². The number of hydrogen-bond donors (Lipinski definition) is 2. The lowest BCUT2D eigenvalue weighted by Gasteiger charge is -1.99. The highest BCUT2D eigenvalue weighted by Crippen LogP contribution is 2.09. The maximum atomic E-state index is 11.6. The molecule has 2 N–H and O–H groups in total. The van der Waals surface area contributed by atoms with Crippen LogP contribution in [-0.4, -0.2) is 33.5 Å². The molecular formula is C14H13N3O3S. The van der Waals surface area contributed by atoms with Gasteiger partial charge in [0.25, 0.3) is 0 Å². The van der Waals surface area contributed by atoms with Crippen LogP contribution in [0.4, 0.5) is 0 Å². The van der Waals surface area contributed by atoms with Gasteiger partial charge in [0, 0.05) is 36.8 Å². The summed E-state index contributed by atoms with van der Waals surface area (Å²) in [4.78, 5) is 30.2. The zero-order chi connectivity index (χ0) is 15.1. The molecule has 6 nitrogen and oxygen atoms in total. The second-order valence-corrected chi connectivity index (χ2v) is 5.04. The minimum atomic E-state index is -1.04. The number of carboxylic acids is 1. The van der Waals surface area contributed by atoms with Gasteiger partial charge in [-0.05, 0) is 17.7 Å². The fourth-order valence-corrected chi connectivity index (χ4v) is 2.29. The third-order valence-electron chi connectivity index (χ3n) is 2.52. The van der Waals surface area contributed by atoms with Crippen LogP contribution in [0.5, 0.6) is 0 Å². The SMILES string of the molecule is O=C(C=Cc1cccnc1)NCCc1nc(C(=O)O)cs1. The largest absolute Gasteiger partial charge is 0.476 e. The molecule has 0 unspecified atom stereocenters. The average Bonchev–Trinajstić information content (AvgIpc) is 2.95. The molecule has 0 saturated heterocycles. The lowest BCUT2D eigenvalue weighted by molar-refractivity contribution is -0.116. The number of carboxylic acid groups (broad SMARTS) is 1. The number of aromatic nitrogens is 2. The number of thiazole rings is 1. The van der Waals surface area contributed by atoms with Crippen LogP contribution in [0.1, 0.15) is 21.1 Å². The van der Waals surface area contributed by atoms with Crippen LogP contribution in [-0.2, 0) is 11.2 Å². The first-order chi connectivity index (χ1) is 10.1.